The number of nitrogens with two attached hydrogens (primary N) is 1. The number of hydrogen-bond donors (Lipinski definition) is 2. The van der Waals surface area contributed by atoms with Gasteiger partial charge in [-0.2, -0.15) is 0 Å². The average Bonchev–Trinajstić information content (AvgIpc) is 3.31. The van der Waals surface area contributed by atoms with Crippen molar-refractivity contribution in [3.05, 3.63) is 96.5 Å². The van der Waals surface area contributed by atoms with Gasteiger partial charge in [-0.1, -0.05) is 19.2 Å². The van der Waals surface area contributed by atoms with E-state index in [0.29, 0.717) is 30.8 Å². The van der Waals surface area contributed by atoms with E-state index in [2.05, 4.69) is 23.1 Å². The molecule has 1 fully saturated rings. The fourth-order valence-corrected chi connectivity index (χ4v) is 4.25. The number of anilines is 1. The van der Waals surface area contributed by atoms with Crippen molar-refractivity contribution in [2.45, 2.75) is 12.8 Å². The summed E-state index contributed by atoms with van der Waals surface area (Å²) in [7, 11) is 0. The lowest BCUT2D eigenvalue weighted by molar-refractivity contribution is -0.125. The molecule has 2 heterocycles. The average molecular weight is 490 g/mol. The molecule has 0 radical (unpaired) electrons. The van der Waals surface area contributed by atoms with Crippen molar-refractivity contribution < 1.29 is 18.3 Å². The number of halogens is 2. The van der Waals surface area contributed by atoms with Crippen LogP contribution < -0.4 is 10.5 Å². The maximum absolute atomic E-state index is 15.1. The highest BCUT2D eigenvalue weighted by Gasteiger charge is 2.27. The highest BCUT2D eigenvalue weighted by atomic mass is 19.1. The summed E-state index contributed by atoms with van der Waals surface area (Å²) < 4.78 is 34.0. The number of amides is 1. The van der Waals surface area contributed by atoms with Gasteiger partial charge in [0.25, 0.3) is 0 Å². The molecule has 0 bridgehead atoms. The highest BCUT2D eigenvalue weighted by molar-refractivity contribution is 6.15. The molecule has 1 atom stereocenters. The largest absolute Gasteiger partial charge is 0.457 e. The van der Waals surface area contributed by atoms with E-state index < -0.39 is 11.6 Å². The number of nitrogens with zero attached hydrogens (tertiary/aromatic N) is 3. The van der Waals surface area contributed by atoms with Crippen LogP contribution in [0.4, 0.5) is 14.6 Å². The SMILES string of the molecule is C=CC(=O)N1CC[C@@H](CC(=C)c2ncnc(N)c2C(=N)c2ccc(Oc3cccc(F)c3)cc2F)C1. The first-order valence-corrected chi connectivity index (χ1v) is 11.3. The van der Waals surface area contributed by atoms with Crippen molar-refractivity contribution in [3.8, 4) is 11.5 Å². The minimum atomic E-state index is -0.719. The molecular formula is C27H25F2N5O2. The van der Waals surface area contributed by atoms with E-state index in [0.717, 1.165) is 12.5 Å². The Morgan fingerprint density at radius 3 is 2.72 bits per heavy atom. The molecule has 1 aromatic heterocycles. The maximum Gasteiger partial charge on any atom is 0.245 e. The third kappa shape index (κ3) is 5.30. The summed E-state index contributed by atoms with van der Waals surface area (Å²) in [6.45, 7) is 8.86. The Hall–Kier alpha value is -4.40. The molecule has 36 heavy (non-hydrogen) atoms. The fraction of sp³-hybridized carbons (Fsp3) is 0.185. The Morgan fingerprint density at radius 2 is 2.00 bits per heavy atom. The predicted octanol–water partition coefficient (Wildman–Crippen LogP) is 4.98. The van der Waals surface area contributed by atoms with Gasteiger partial charge >= 0.3 is 0 Å². The van der Waals surface area contributed by atoms with Crippen LogP contribution in [0.15, 0.2) is 68.0 Å². The number of nitrogen functional groups attached to an aromatic ring is 1. The molecule has 1 aliphatic heterocycles. The normalized spacial score (nSPS) is 14.9. The van der Waals surface area contributed by atoms with Gasteiger partial charge in [-0.05, 0) is 54.7 Å². The third-order valence-electron chi connectivity index (χ3n) is 6.01. The lowest BCUT2D eigenvalue weighted by Gasteiger charge is -2.17. The first-order chi connectivity index (χ1) is 17.3. The Bertz CT molecular complexity index is 1360. The van der Waals surface area contributed by atoms with Gasteiger partial charge in [0.1, 0.15) is 35.3 Å². The molecule has 4 rings (SSSR count). The quantitative estimate of drug-likeness (QED) is 0.343. The summed E-state index contributed by atoms with van der Waals surface area (Å²) in [6.07, 6.45) is 3.90. The number of aromatic nitrogens is 2. The van der Waals surface area contributed by atoms with Gasteiger partial charge in [0.05, 0.1) is 17.0 Å². The lowest BCUT2D eigenvalue weighted by atomic mass is 9.92. The molecular weight excluding hydrogens is 464 g/mol. The van der Waals surface area contributed by atoms with Gasteiger partial charge in [0, 0.05) is 30.8 Å². The zero-order valence-electron chi connectivity index (χ0n) is 19.5. The van der Waals surface area contributed by atoms with E-state index in [4.69, 9.17) is 15.9 Å². The van der Waals surface area contributed by atoms with E-state index in [1.165, 1.54) is 42.7 Å². The lowest BCUT2D eigenvalue weighted by Crippen LogP contribution is -2.26. The topological polar surface area (TPSA) is 105 Å². The molecule has 9 heteroatoms. The van der Waals surface area contributed by atoms with Crippen molar-refractivity contribution >= 4 is 23.0 Å². The summed E-state index contributed by atoms with van der Waals surface area (Å²) in [5.74, 6) is -0.749. The molecule has 1 saturated heterocycles. The number of carbonyl (C=O) groups is 1. The van der Waals surface area contributed by atoms with Crippen LogP contribution in [-0.2, 0) is 4.79 Å². The molecule has 1 amide bonds. The van der Waals surface area contributed by atoms with E-state index in [9.17, 15) is 9.18 Å². The zero-order chi connectivity index (χ0) is 25.8. The number of carbonyl (C=O) groups excluding carboxylic acids is 1. The maximum atomic E-state index is 15.1. The number of hydrogen-bond acceptors (Lipinski definition) is 6. The van der Waals surface area contributed by atoms with Gasteiger partial charge in [-0.3, -0.25) is 10.2 Å². The van der Waals surface area contributed by atoms with Crippen molar-refractivity contribution in [2.75, 3.05) is 18.8 Å². The van der Waals surface area contributed by atoms with Crippen molar-refractivity contribution in [1.82, 2.24) is 14.9 Å². The van der Waals surface area contributed by atoms with Crippen molar-refractivity contribution in [3.63, 3.8) is 0 Å². The Morgan fingerprint density at radius 1 is 1.22 bits per heavy atom. The first kappa shape index (κ1) is 24.7. The second kappa shape index (κ2) is 10.5. The number of benzene rings is 2. The molecule has 0 spiro atoms. The van der Waals surface area contributed by atoms with Crippen LogP contribution in [0.3, 0.4) is 0 Å². The molecule has 3 aromatic rings. The summed E-state index contributed by atoms with van der Waals surface area (Å²) in [5.41, 5.74) is 7.03. The summed E-state index contributed by atoms with van der Waals surface area (Å²) in [5, 5.41) is 8.71. The third-order valence-corrected chi connectivity index (χ3v) is 6.01. The van der Waals surface area contributed by atoms with Crippen LogP contribution in [0.5, 0.6) is 11.5 Å². The molecule has 2 aromatic carbocycles. The predicted molar refractivity (Wildman–Crippen MR) is 134 cm³/mol. The van der Waals surface area contributed by atoms with Crippen LogP contribution in [0.1, 0.15) is 29.7 Å². The second-order valence-electron chi connectivity index (χ2n) is 8.51. The molecule has 184 valence electrons. The van der Waals surface area contributed by atoms with E-state index in [-0.39, 0.29) is 46.0 Å². The second-order valence-corrected chi connectivity index (χ2v) is 8.51. The zero-order valence-corrected chi connectivity index (χ0v) is 19.5. The number of allylic oxidation sites excluding steroid dienone is 1. The number of rotatable bonds is 8. The van der Waals surface area contributed by atoms with Gasteiger partial charge in [0.15, 0.2) is 0 Å². The standard InChI is InChI=1S/C27H25F2N5O2/c1-3-23(35)34-10-9-17(14-34)11-16(2)26-24(27(31)33-15-32-26)25(30)21-8-7-20(13-22(21)29)36-19-6-4-5-18(28)12-19/h3-8,12-13,15,17,30H,1-2,9-11,14H2,(H2,31,32,33)/t17-/m0/s1. The molecule has 1 aliphatic rings. The summed E-state index contributed by atoms with van der Waals surface area (Å²) in [4.78, 5) is 21.9. The molecule has 7 nitrogen and oxygen atoms in total. The minimum Gasteiger partial charge on any atom is -0.457 e. The molecule has 3 N–H and O–H groups in total. The van der Waals surface area contributed by atoms with E-state index >= 15 is 4.39 Å². The smallest absolute Gasteiger partial charge is 0.245 e. The van der Waals surface area contributed by atoms with Crippen molar-refractivity contribution in [2.24, 2.45) is 5.92 Å². The monoisotopic (exact) mass is 489 g/mol. The van der Waals surface area contributed by atoms with Crippen LogP contribution in [-0.4, -0.2) is 39.6 Å². The van der Waals surface area contributed by atoms with Gasteiger partial charge in [-0.15, -0.1) is 0 Å². The van der Waals surface area contributed by atoms with E-state index in [1.807, 2.05) is 0 Å². The van der Waals surface area contributed by atoms with Gasteiger partial charge in [-0.25, -0.2) is 18.7 Å². The first-order valence-electron chi connectivity index (χ1n) is 11.3. The fourth-order valence-electron chi connectivity index (χ4n) is 4.25. The van der Waals surface area contributed by atoms with Crippen LogP contribution in [0, 0.1) is 23.0 Å². The number of likely N-dealkylation sites (tertiary alicyclic amines) is 1. The Labute approximate surface area is 207 Å². The van der Waals surface area contributed by atoms with Crippen LogP contribution in [0.25, 0.3) is 5.57 Å². The summed E-state index contributed by atoms with van der Waals surface area (Å²) >= 11 is 0. The van der Waals surface area contributed by atoms with Crippen molar-refractivity contribution in [1.29, 1.82) is 5.41 Å². The Balaban J connectivity index is 1.55. The van der Waals surface area contributed by atoms with E-state index in [1.54, 1.807) is 11.0 Å². The molecule has 0 saturated carbocycles. The molecule has 0 unspecified atom stereocenters. The van der Waals surface area contributed by atoms with Crippen LogP contribution >= 0.6 is 0 Å². The highest BCUT2D eigenvalue weighted by Crippen LogP contribution is 2.32. The minimum absolute atomic E-state index is 0.0271. The van der Waals surface area contributed by atoms with Gasteiger partial charge in [0.2, 0.25) is 5.91 Å². The summed E-state index contributed by atoms with van der Waals surface area (Å²) in [6, 6.07) is 9.49. The van der Waals surface area contributed by atoms with Gasteiger partial charge < -0.3 is 15.4 Å². The number of nitrogens with one attached hydrogen (secondary N) is 1. The van der Waals surface area contributed by atoms with Crippen LogP contribution in [0.2, 0.25) is 0 Å². The Kier molecular flexibility index (Phi) is 7.19. The molecule has 0 aliphatic carbocycles. The number of ether oxygens (including phenoxy) is 1.